The van der Waals surface area contributed by atoms with Crippen molar-refractivity contribution in [1.82, 2.24) is 0 Å². The Bertz CT molecular complexity index is 372. The summed E-state index contributed by atoms with van der Waals surface area (Å²) in [6, 6.07) is 5.53. The van der Waals surface area contributed by atoms with Crippen LogP contribution in [-0.4, -0.2) is 17.8 Å². The first kappa shape index (κ1) is 13.0. The molecule has 0 N–H and O–H groups in total. The Balaban J connectivity index is 3.01. The lowest BCUT2D eigenvalue weighted by Crippen LogP contribution is -2.08. The molecule has 0 amide bonds. The third-order valence-electron chi connectivity index (χ3n) is 2.25. The predicted octanol–water partition coefficient (Wildman–Crippen LogP) is 3.46. The van der Waals surface area contributed by atoms with Crippen molar-refractivity contribution in [2.45, 2.75) is 33.3 Å². The largest absolute Gasteiger partial charge is 0.491 e. The summed E-state index contributed by atoms with van der Waals surface area (Å²) in [5.74, 6) is 0.796. The van der Waals surface area contributed by atoms with Crippen LogP contribution in [0.5, 0.6) is 5.75 Å². The maximum Gasteiger partial charge on any atom is 0.177 e. The Morgan fingerprint density at radius 3 is 2.62 bits per heavy atom. The molecule has 0 atom stereocenters. The van der Waals surface area contributed by atoms with E-state index >= 15 is 0 Å². The fourth-order valence-corrected chi connectivity index (χ4v) is 1.70. The molecule has 2 nitrogen and oxygen atoms in total. The van der Waals surface area contributed by atoms with Crippen LogP contribution < -0.4 is 4.74 Å². The van der Waals surface area contributed by atoms with Crippen LogP contribution in [0.25, 0.3) is 0 Å². The second kappa shape index (κ2) is 5.90. The minimum Gasteiger partial charge on any atom is -0.491 e. The van der Waals surface area contributed by atoms with Crippen molar-refractivity contribution in [2.24, 2.45) is 0 Å². The van der Waals surface area contributed by atoms with Gasteiger partial charge in [-0.1, -0.05) is 6.92 Å². The van der Waals surface area contributed by atoms with Crippen molar-refractivity contribution in [3.63, 3.8) is 0 Å². The molecule has 3 heteroatoms. The second-order valence-electron chi connectivity index (χ2n) is 3.90. The zero-order valence-corrected chi connectivity index (χ0v) is 10.7. The van der Waals surface area contributed by atoms with Crippen molar-refractivity contribution in [2.75, 3.05) is 5.88 Å². The standard InChI is InChI=1S/C13H17ClO2/c1-4-10-7-11(16-9(2)3)5-6-12(10)13(15)8-14/h5-7,9H,4,8H2,1-3H3. The summed E-state index contributed by atoms with van der Waals surface area (Å²) in [7, 11) is 0. The second-order valence-corrected chi connectivity index (χ2v) is 4.16. The number of halogens is 1. The summed E-state index contributed by atoms with van der Waals surface area (Å²) in [6.45, 7) is 5.96. The Hall–Kier alpha value is -1.02. The molecule has 1 rings (SSSR count). The first-order valence-electron chi connectivity index (χ1n) is 5.47. The molecule has 0 aromatic heterocycles. The van der Waals surface area contributed by atoms with Crippen LogP contribution in [0, 0.1) is 0 Å². The highest BCUT2D eigenvalue weighted by Crippen LogP contribution is 2.20. The molecular weight excluding hydrogens is 224 g/mol. The Kier molecular flexibility index (Phi) is 4.81. The topological polar surface area (TPSA) is 26.3 Å². The molecule has 0 heterocycles. The maximum absolute atomic E-state index is 11.6. The lowest BCUT2D eigenvalue weighted by Gasteiger charge is -2.12. The fraction of sp³-hybridized carbons (Fsp3) is 0.462. The molecule has 0 bridgehead atoms. The normalized spacial score (nSPS) is 10.6. The van der Waals surface area contributed by atoms with Gasteiger partial charge in [-0.2, -0.15) is 0 Å². The number of rotatable bonds is 5. The minimum atomic E-state index is -0.0328. The van der Waals surface area contributed by atoms with Gasteiger partial charge in [-0.3, -0.25) is 4.79 Å². The molecule has 0 fully saturated rings. The van der Waals surface area contributed by atoms with E-state index in [0.717, 1.165) is 17.7 Å². The van der Waals surface area contributed by atoms with Crippen LogP contribution in [0.2, 0.25) is 0 Å². The number of Topliss-reactive ketones (excluding diaryl/α,β-unsaturated/α-hetero) is 1. The van der Waals surface area contributed by atoms with Crippen LogP contribution in [0.15, 0.2) is 18.2 Å². The van der Waals surface area contributed by atoms with Gasteiger partial charge in [0.25, 0.3) is 0 Å². The van der Waals surface area contributed by atoms with E-state index < -0.39 is 0 Å². The van der Waals surface area contributed by atoms with E-state index in [0.29, 0.717) is 5.56 Å². The van der Waals surface area contributed by atoms with Gasteiger partial charge >= 0.3 is 0 Å². The van der Waals surface area contributed by atoms with Crippen LogP contribution in [0.3, 0.4) is 0 Å². The van der Waals surface area contributed by atoms with Crippen molar-refractivity contribution < 1.29 is 9.53 Å². The minimum absolute atomic E-state index is 0.0252. The lowest BCUT2D eigenvalue weighted by atomic mass is 10.0. The number of carbonyl (C=O) groups is 1. The smallest absolute Gasteiger partial charge is 0.177 e. The molecule has 16 heavy (non-hydrogen) atoms. The monoisotopic (exact) mass is 240 g/mol. The number of aryl methyl sites for hydroxylation is 1. The average molecular weight is 241 g/mol. The zero-order valence-electron chi connectivity index (χ0n) is 9.92. The van der Waals surface area contributed by atoms with Crippen LogP contribution in [0.1, 0.15) is 36.7 Å². The first-order valence-corrected chi connectivity index (χ1v) is 6.00. The molecule has 0 unspecified atom stereocenters. The Morgan fingerprint density at radius 2 is 2.12 bits per heavy atom. The van der Waals surface area contributed by atoms with Gasteiger partial charge in [-0.05, 0) is 44.0 Å². The quantitative estimate of drug-likeness (QED) is 0.582. The van der Waals surface area contributed by atoms with E-state index in [9.17, 15) is 4.79 Å². The van der Waals surface area contributed by atoms with Crippen molar-refractivity contribution >= 4 is 17.4 Å². The predicted molar refractivity (Wildman–Crippen MR) is 66.6 cm³/mol. The number of hydrogen-bond donors (Lipinski definition) is 0. The van der Waals surface area contributed by atoms with Gasteiger partial charge in [0.15, 0.2) is 5.78 Å². The van der Waals surface area contributed by atoms with E-state index in [1.165, 1.54) is 0 Å². The van der Waals surface area contributed by atoms with Gasteiger partial charge in [0.2, 0.25) is 0 Å². The Labute approximate surface area is 102 Å². The summed E-state index contributed by atoms with van der Waals surface area (Å²) in [6.07, 6.45) is 0.937. The summed E-state index contributed by atoms with van der Waals surface area (Å²) >= 11 is 5.56. The molecule has 0 saturated heterocycles. The molecule has 0 saturated carbocycles. The molecule has 0 aliphatic carbocycles. The molecule has 88 valence electrons. The van der Waals surface area contributed by atoms with Crippen LogP contribution >= 0.6 is 11.6 Å². The maximum atomic E-state index is 11.6. The highest BCUT2D eigenvalue weighted by molar-refractivity contribution is 6.30. The summed E-state index contributed by atoms with van der Waals surface area (Å²) in [4.78, 5) is 11.6. The fourth-order valence-electron chi connectivity index (χ4n) is 1.55. The third kappa shape index (κ3) is 3.24. The molecule has 1 aromatic carbocycles. The number of benzene rings is 1. The number of carbonyl (C=O) groups excluding carboxylic acids is 1. The SMILES string of the molecule is CCc1cc(OC(C)C)ccc1C(=O)CCl. The van der Waals surface area contributed by atoms with Gasteiger partial charge in [0, 0.05) is 5.56 Å². The molecule has 1 aromatic rings. The number of hydrogen-bond acceptors (Lipinski definition) is 2. The van der Waals surface area contributed by atoms with Crippen molar-refractivity contribution in [3.05, 3.63) is 29.3 Å². The van der Waals surface area contributed by atoms with E-state index in [1.807, 2.05) is 32.9 Å². The molecule has 0 spiro atoms. The summed E-state index contributed by atoms with van der Waals surface area (Å²) in [5.41, 5.74) is 1.69. The van der Waals surface area contributed by atoms with E-state index in [2.05, 4.69) is 0 Å². The molecule has 0 radical (unpaired) electrons. The molecule has 0 aliphatic rings. The average Bonchev–Trinajstić information content (AvgIpc) is 2.27. The molecular formula is C13H17ClO2. The van der Waals surface area contributed by atoms with Crippen LogP contribution in [0.4, 0.5) is 0 Å². The number of ether oxygens (including phenoxy) is 1. The van der Waals surface area contributed by atoms with E-state index in [1.54, 1.807) is 6.07 Å². The number of ketones is 1. The van der Waals surface area contributed by atoms with E-state index in [4.69, 9.17) is 16.3 Å². The van der Waals surface area contributed by atoms with Crippen molar-refractivity contribution in [1.29, 1.82) is 0 Å². The highest BCUT2D eigenvalue weighted by atomic mass is 35.5. The van der Waals surface area contributed by atoms with Gasteiger partial charge in [-0.15, -0.1) is 11.6 Å². The lowest BCUT2D eigenvalue weighted by molar-refractivity contribution is 0.102. The zero-order chi connectivity index (χ0) is 12.1. The van der Waals surface area contributed by atoms with Gasteiger partial charge < -0.3 is 4.74 Å². The summed E-state index contributed by atoms with van der Waals surface area (Å²) < 4.78 is 5.58. The van der Waals surface area contributed by atoms with Gasteiger partial charge in [0.05, 0.1) is 12.0 Å². The molecule has 0 aliphatic heterocycles. The van der Waals surface area contributed by atoms with E-state index in [-0.39, 0.29) is 17.8 Å². The highest BCUT2D eigenvalue weighted by Gasteiger charge is 2.10. The van der Waals surface area contributed by atoms with Crippen molar-refractivity contribution in [3.8, 4) is 5.75 Å². The first-order chi connectivity index (χ1) is 7.58. The Morgan fingerprint density at radius 1 is 1.44 bits per heavy atom. The van der Waals surface area contributed by atoms with Gasteiger partial charge in [-0.25, -0.2) is 0 Å². The van der Waals surface area contributed by atoms with Gasteiger partial charge in [0.1, 0.15) is 5.75 Å². The third-order valence-corrected chi connectivity index (χ3v) is 2.49. The summed E-state index contributed by atoms with van der Waals surface area (Å²) in [5, 5.41) is 0. The van der Waals surface area contributed by atoms with Crippen LogP contribution in [-0.2, 0) is 6.42 Å². The number of alkyl halides is 1.